The monoisotopic (exact) mass is 520 g/mol. The molecule has 0 radical (unpaired) electrons. The van der Waals surface area contributed by atoms with Crippen LogP contribution in [0.1, 0.15) is 35.1 Å². The van der Waals surface area contributed by atoms with Gasteiger partial charge in [-0.1, -0.05) is 50.3 Å². The first-order chi connectivity index (χ1) is 13.2. The molecule has 1 atom stereocenters. The summed E-state index contributed by atoms with van der Waals surface area (Å²) in [5.74, 6) is 1.56. The molecule has 11 heteroatoms. The van der Waals surface area contributed by atoms with Crippen molar-refractivity contribution in [3.8, 4) is 0 Å². The van der Waals surface area contributed by atoms with Crippen molar-refractivity contribution in [1.82, 2.24) is 9.80 Å². The molecule has 4 amide bonds. The molecular formula is C19H40N2O4S5. The summed E-state index contributed by atoms with van der Waals surface area (Å²) in [5, 5.41) is -0.127. The van der Waals surface area contributed by atoms with Gasteiger partial charge in [0, 0.05) is 38.4 Å². The number of likely N-dealkylation sites (tertiary alicyclic amines) is 1. The summed E-state index contributed by atoms with van der Waals surface area (Å²) in [4.78, 5) is 44.9. The molecule has 0 aromatic rings. The van der Waals surface area contributed by atoms with E-state index in [0.717, 1.165) is 10.7 Å². The van der Waals surface area contributed by atoms with Gasteiger partial charge in [-0.05, 0) is 24.5 Å². The fourth-order valence-corrected chi connectivity index (χ4v) is 3.11. The van der Waals surface area contributed by atoms with Gasteiger partial charge < -0.3 is 0 Å². The van der Waals surface area contributed by atoms with E-state index in [-0.39, 0.29) is 43.7 Å². The van der Waals surface area contributed by atoms with E-state index in [1.807, 2.05) is 34.8 Å². The molecule has 0 aliphatic carbocycles. The second kappa shape index (κ2) is 26.8. The molecular weight excluding hydrogens is 481 g/mol. The third kappa shape index (κ3) is 18.5. The third-order valence-corrected chi connectivity index (χ3v) is 5.71. The molecule has 180 valence electrons. The Bertz CT molecular complexity index is 485. The topological polar surface area (TPSA) is 74.8 Å². The van der Waals surface area contributed by atoms with E-state index in [4.69, 9.17) is 0 Å². The molecule has 0 aromatic heterocycles. The first-order valence-corrected chi connectivity index (χ1v) is 13.8. The van der Waals surface area contributed by atoms with Crippen molar-refractivity contribution in [3.05, 3.63) is 12.2 Å². The fourth-order valence-electron chi connectivity index (χ4n) is 1.50. The number of nitrogens with zero attached hydrogens (tertiary/aromatic N) is 2. The van der Waals surface area contributed by atoms with Crippen LogP contribution in [0.25, 0.3) is 0 Å². The highest BCUT2D eigenvalue weighted by Crippen LogP contribution is 2.21. The minimum atomic E-state index is -0.241. The lowest BCUT2D eigenvalue weighted by Crippen LogP contribution is -2.26. The minimum absolute atomic E-state index is 0. The SMILES string of the molecule is C.C.CCS.CCSSC.CN1C(=O)C=CC1=O.CS.CSC1CC(=O)N(C)C1=O. The minimum Gasteiger partial charge on any atom is -0.285 e. The van der Waals surface area contributed by atoms with Crippen LogP contribution >= 0.6 is 58.6 Å². The Morgan fingerprint density at radius 2 is 1.37 bits per heavy atom. The standard InChI is InChI=1S/C6H9NO2S.C5H5NO2.C3H8S2.C2H6S.CH4S.2CH4/c1-7-5(8)3-4(10-2)6(7)9;1-6-4(7)2-3-5(6)8;1-3-5-4-2;1-2-3;1-2;;/h4H,3H2,1-2H3;2-3H,1H3;3H2,1-2H3;3H,2H2,1H3;2H,1H3;2*1H4. The Labute approximate surface area is 207 Å². The highest BCUT2D eigenvalue weighted by atomic mass is 33.1. The summed E-state index contributed by atoms with van der Waals surface area (Å²) in [6, 6.07) is 0. The molecule has 1 saturated heterocycles. The van der Waals surface area contributed by atoms with Gasteiger partial charge in [0.15, 0.2) is 0 Å². The van der Waals surface area contributed by atoms with Crippen LogP contribution in [0, 0.1) is 0 Å². The lowest BCUT2D eigenvalue weighted by Gasteiger charge is -2.04. The lowest BCUT2D eigenvalue weighted by molar-refractivity contribution is -0.137. The smallest absolute Gasteiger partial charge is 0.253 e. The van der Waals surface area contributed by atoms with E-state index in [0.29, 0.717) is 6.42 Å². The Balaban J connectivity index is -0.0000000945. The summed E-state index contributed by atoms with van der Waals surface area (Å²) in [5.41, 5.74) is 0. The summed E-state index contributed by atoms with van der Waals surface area (Å²) < 4.78 is 0. The zero-order valence-corrected chi connectivity index (χ0v) is 21.7. The van der Waals surface area contributed by atoms with Crippen LogP contribution < -0.4 is 0 Å². The predicted octanol–water partition coefficient (Wildman–Crippen LogP) is 4.42. The second-order valence-corrected chi connectivity index (χ2v) is 9.20. The number of amides is 4. The van der Waals surface area contributed by atoms with Gasteiger partial charge in [0.25, 0.3) is 11.8 Å². The van der Waals surface area contributed by atoms with Crippen molar-refractivity contribution < 1.29 is 19.2 Å². The van der Waals surface area contributed by atoms with E-state index in [1.165, 1.54) is 48.7 Å². The van der Waals surface area contributed by atoms with Gasteiger partial charge >= 0.3 is 0 Å². The largest absolute Gasteiger partial charge is 0.285 e. The summed E-state index contributed by atoms with van der Waals surface area (Å²) in [7, 11) is 6.68. The van der Waals surface area contributed by atoms with Crippen molar-refractivity contribution in [2.24, 2.45) is 0 Å². The maximum atomic E-state index is 11.0. The number of hydrogen-bond acceptors (Lipinski definition) is 9. The van der Waals surface area contributed by atoms with E-state index >= 15 is 0 Å². The lowest BCUT2D eigenvalue weighted by atomic mass is 10.4. The Morgan fingerprint density at radius 1 is 0.967 bits per heavy atom. The van der Waals surface area contributed by atoms with Gasteiger partial charge in [-0.15, -0.1) is 0 Å². The number of likely N-dealkylation sites (N-methyl/N-ethyl adjacent to an activating group) is 1. The third-order valence-electron chi connectivity index (χ3n) is 2.89. The number of thiol groups is 2. The molecule has 1 unspecified atom stereocenters. The quantitative estimate of drug-likeness (QED) is 0.324. The second-order valence-electron chi connectivity index (χ2n) is 4.68. The number of thioether (sulfide) groups is 1. The summed E-state index contributed by atoms with van der Waals surface area (Å²) in [6.45, 7) is 4.14. The van der Waals surface area contributed by atoms with E-state index in [2.05, 4.69) is 38.4 Å². The highest BCUT2D eigenvalue weighted by molar-refractivity contribution is 8.76. The van der Waals surface area contributed by atoms with Crippen LogP contribution in [0.3, 0.4) is 0 Å². The van der Waals surface area contributed by atoms with Crippen LogP contribution in [-0.2, 0) is 19.2 Å². The van der Waals surface area contributed by atoms with Crippen molar-refractivity contribution in [3.63, 3.8) is 0 Å². The van der Waals surface area contributed by atoms with Crippen molar-refractivity contribution in [2.45, 2.75) is 40.4 Å². The van der Waals surface area contributed by atoms with Gasteiger partial charge in [0.2, 0.25) is 11.8 Å². The molecule has 1 fully saturated rings. The molecule has 0 bridgehead atoms. The highest BCUT2D eigenvalue weighted by Gasteiger charge is 2.34. The Kier molecular flexibility index (Phi) is 35.9. The molecule has 2 aliphatic rings. The maximum Gasteiger partial charge on any atom is 0.253 e. The van der Waals surface area contributed by atoms with E-state index in [9.17, 15) is 19.2 Å². The summed E-state index contributed by atoms with van der Waals surface area (Å²) in [6.07, 6.45) is 8.50. The zero-order valence-electron chi connectivity index (χ0n) is 17.5. The molecule has 0 spiro atoms. The van der Waals surface area contributed by atoms with E-state index in [1.54, 1.807) is 6.26 Å². The molecule has 2 aliphatic heterocycles. The zero-order chi connectivity index (χ0) is 22.7. The molecule has 30 heavy (non-hydrogen) atoms. The molecule has 2 rings (SSSR count). The van der Waals surface area contributed by atoms with Gasteiger partial charge in [0.05, 0.1) is 5.25 Å². The average molecular weight is 521 g/mol. The van der Waals surface area contributed by atoms with Crippen LogP contribution in [0.15, 0.2) is 12.2 Å². The Morgan fingerprint density at radius 3 is 1.47 bits per heavy atom. The number of hydrogen-bond donors (Lipinski definition) is 2. The number of imide groups is 2. The van der Waals surface area contributed by atoms with Crippen molar-refractivity contribution in [1.29, 1.82) is 0 Å². The number of rotatable bonds is 3. The maximum absolute atomic E-state index is 11.0. The Hall–Kier alpha value is -0.230. The molecule has 2 heterocycles. The van der Waals surface area contributed by atoms with E-state index < -0.39 is 0 Å². The summed E-state index contributed by atoms with van der Waals surface area (Å²) >= 11 is 8.75. The van der Waals surface area contributed by atoms with Crippen molar-refractivity contribution in [2.75, 3.05) is 44.4 Å². The molecule has 6 nitrogen and oxygen atoms in total. The van der Waals surface area contributed by atoms with Crippen LogP contribution in [0.5, 0.6) is 0 Å². The van der Waals surface area contributed by atoms with Crippen molar-refractivity contribution >= 4 is 82.2 Å². The average Bonchev–Trinajstić information content (AvgIpc) is 3.12. The molecule has 0 N–H and O–H groups in total. The van der Waals surface area contributed by atoms with Gasteiger partial charge in [-0.3, -0.25) is 29.0 Å². The van der Waals surface area contributed by atoms with Crippen LogP contribution in [-0.4, -0.2) is 83.0 Å². The first-order valence-electron chi connectivity index (χ1n) is 8.25. The predicted molar refractivity (Wildman–Crippen MR) is 146 cm³/mol. The first kappa shape index (κ1) is 40.2. The van der Waals surface area contributed by atoms with Gasteiger partial charge in [-0.2, -0.15) is 37.0 Å². The number of carbonyl (C=O) groups excluding carboxylic acids is 4. The fraction of sp³-hybridized carbons (Fsp3) is 0.684. The van der Waals surface area contributed by atoms with Gasteiger partial charge in [0.1, 0.15) is 0 Å². The normalized spacial score (nSPS) is 15.8. The van der Waals surface area contributed by atoms with Gasteiger partial charge in [-0.25, -0.2) is 0 Å². The van der Waals surface area contributed by atoms with Crippen LogP contribution in [0.2, 0.25) is 0 Å². The molecule has 0 aromatic carbocycles. The molecule has 0 saturated carbocycles. The van der Waals surface area contributed by atoms with Crippen LogP contribution in [0.4, 0.5) is 0 Å². The number of carbonyl (C=O) groups is 4.